The van der Waals surface area contributed by atoms with E-state index in [1.807, 2.05) is 4.90 Å². The summed E-state index contributed by atoms with van der Waals surface area (Å²) in [5, 5.41) is 2.89. The molecule has 0 bridgehead atoms. The summed E-state index contributed by atoms with van der Waals surface area (Å²) in [5.41, 5.74) is 0.591. The lowest BCUT2D eigenvalue weighted by atomic mass is 9.95. The zero-order valence-electron chi connectivity index (χ0n) is 20.2. The Morgan fingerprint density at radius 3 is 2.31 bits per heavy atom. The van der Waals surface area contributed by atoms with Crippen molar-refractivity contribution in [2.45, 2.75) is 12.8 Å². The largest absolute Gasteiger partial charge is 0.497 e. The Morgan fingerprint density at radius 2 is 1.69 bits per heavy atom. The van der Waals surface area contributed by atoms with Crippen LogP contribution in [0.4, 0.5) is 5.69 Å². The summed E-state index contributed by atoms with van der Waals surface area (Å²) in [6.07, 6.45) is 2.91. The minimum Gasteiger partial charge on any atom is -0.497 e. The Hall–Kier alpha value is -3.53. The number of hydrogen-bond donors (Lipinski definition) is 1. The van der Waals surface area contributed by atoms with Crippen LogP contribution < -0.4 is 14.8 Å². The lowest BCUT2D eigenvalue weighted by molar-refractivity contribution is -0.138. The number of nitrogens with one attached hydrogen (secondary N) is 1. The second-order valence-electron chi connectivity index (χ2n) is 8.76. The maximum Gasteiger partial charge on any atom is 0.289 e. The SMILES string of the molecule is COc1ccc(NC(=O)CN2CCC(C(=O)N3CCN(C(=O)c4ccco4)CC3)CC2)c(OC)c1. The van der Waals surface area contributed by atoms with Gasteiger partial charge >= 0.3 is 0 Å². The third kappa shape index (κ3) is 5.94. The number of methoxy groups -OCH3 is 2. The molecule has 3 amide bonds. The molecule has 0 aliphatic carbocycles. The van der Waals surface area contributed by atoms with Gasteiger partial charge < -0.3 is 29.0 Å². The second-order valence-corrected chi connectivity index (χ2v) is 8.76. The number of rotatable bonds is 7. The number of piperidine rings is 1. The van der Waals surface area contributed by atoms with Gasteiger partial charge in [0.15, 0.2) is 5.76 Å². The molecule has 3 heterocycles. The van der Waals surface area contributed by atoms with Crippen LogP contribution in [0.5, 0.6) is 11.5 Å². The summed E-state index contributed by atoms with van der Waals surface area (Å²) in [7, 11) is 3.12. The number of ether oxygens (including phenoxy) is 2. The van der Waals surface area contributed by atoms with Crippen molar-refractivity contribution in [3.8, 4) is 11.5 Å². The molecule has 0 atom stereocenters. The normalized spacial score (nSPS) is 17.2. The predicted molar refractivity (Wildman–Crippen MR) is 129 cm³/mol. The summed E-state index contributed by atoms with van der Waals surface area (Å²) in [4.78, 5) is 43.7. The number of furan rings is 1. The Morgan fingerprint density at radius 1 is 0.971 bits per heavy atom. The van der Waals surface area contributed by atoms with Crippen molar-refractivity contribution in [3.63, 3.8) is 0 Å². The number of benzene rings is 1. The number of hydrogen-bond acceptors (Lipinski definition) is 7. The van der Waals surface area contributed by atoms with Gasteiger partial charge in [-0.2, -0.15) is 0 Å². The maximum absolute atomic E-state index is 13.0. The molecule has 1 aromatic carbocycles. The fourth-order valence-corrected chi connectivity index (χ4v) is 4.58. The van der Waals surface area contributed by atoms with E-state index in [2.05, 4.69) is 10.2 Å². The number of anilines is 1. The van der Waals surface area contributed by atoms with Crippen molar-refractivity contribution in [2.24, 2.45) is 5.92 Å². The van der Waals surface area contributed by atoms with Gasteiger partial charge in [0.2, 0.25) is 11.8 Å². The van der Waals surface area contributed by atoms with Gasteiger partial charge in [0.25, 0.3) is 5.91 Å². The van der Waals surface area contributed by atoms with E-state index in [0.29, 0.717) is 75.1 Å². The molecule has 2 aliphatic rings. The highest BCUT2D eigenvalue weighted by atomic mass is 16.5. The van der Waals surface area contributed by atoms with Crippen LogP contribution in [0.3, 0.4) is 0 Å². The molecule has 2 saturated heterocycles. The maximum atomic E-state index is 13.0. The molecule has 0 radical (unpaired) electrons. The van der Waals surface area contributed by atoms with Gasteiger partial charge in [-0.25, -0.2) is 0 Å². The van der Waals surface area contributed by atoms with E-state index in [0.717, 1.165) is 0 Å². The smallest absolute Gasteiger partial charge is 0.289 e. The molecule has 2 aromatic rings. The summed E-state index contributed by atoms with van der Waals surface area (Å²) in [6, 6.07) is 8.59. The van der Waals surface area contributed by atoms with Gasteiger partial charge in [-0.15, -0.1) is 0 Å². The van der Waals surface area contributed by atoms with Crippen LogP contribution in [0.25, 0.3) is 0 Å². The van der Waals surface area contributed by atoms with Crippen LogP contribution >= 0.6 is 0 Å². The number of likely N-dealkylation sites (tertiary alicyclic amines) is 1. The van der Waals surface area contributed by atoms with Crippen LogP contribution in [0, 0.1) is 5.92 Å². The Kier molecular flexibility index (Phi) is 7.91. The second kappa shape index (κ2) is 11.3. The predicted octanol–water partition coefficient (Wildman–Crippen LogP) is 1.93. The molecular formula is C25H32N4O6. The lowest BCUT2D eigenvalue weighted by Gasteiger charge is -2.38. The highest BCUT2D eigenvalue weighted by Gasteiger charge is 2.32. The molecule has 4 rings (SSSR count). The molecule has 10 nitrogen and oxygen atoms in total. The number of carbonyl (C=O) groups is 3. The quantitative estimate of drug-likeness (QED) is 0.640. The van der Waals surface area contributed by atoms with E-state index in [4.69, 9.17) is 13.9 Å². The third-order valence-corrected chi connectivity index (χ3v) is 6.60. The minimum absolute atomic E-state index is 0.0525. The van der Waals surface area contributed by atoms with E-state index in [1.54, 1.807) is 49.5 Å². The van der Waals surface area contributed by atoms with Gasteiger partial charge in [0, 0.05) is 38.2 Å². The first-order valence-electron chi connectivity index (χ1n) is 11.8. The fourth-order valence-electron chi connectivity index (χ4n) is 4.58. The van der Waals surface area contributed by atoms with E-state index < -0.39 is 0 Å². The molecule has 1 N–H and O–H groups in total. The number of carbonyl (C=O) groups excluding carboxylic acids is 3. The highest BCUT2D eigenvalue weighted by Crippen LogP contribution is 2.29. The molecular weight excluding hydrogens is 452 g/mol. The van der Waals surface area contributed by atoms with Crippen molar-refractivity contribution < 1.29 is 28.3 Å². The van der Waals surface area contributed by atoms with Crippen molar-refractivity contribution in [1.82, 2.24) is 14.7 Å². The molecule has 35 heavy (non-hydrogen) atoms. The Bertz CT molecular complexity index is 1020. The minimum atomic E-state index is -0.138. The van der Waals surface area contributed by atoms with Crippen molar-refractivity contribution >= 4 is 23.4 Å². The number of amides is 3. The number of piperazine rings is 1. The van der Waals surface area contributed by atoms with E-state index in [9.17, 15) is 14.4 Å². The molecule has 0 spiro atoms. The first-order chi connectivity index (χ1) is 17.0. The van der Waals surface area contributed by atoms with Crippen molar-refractivity contribution in [2.75, 3.05) is 65.3 Å². The van der Waals surface area contributed by atoms with E-state index in [1.165, 1.54) is 6.26 Å². The molecule has 0 saturated carbocycles. The zero-order valence-corrected chi connectivity index (χ0v) is 20.2. The topological polar surface area (TPSA) is 105 Å². The van der Waals surface area contributed by atoms with Gasteiger partial charge in [-0.05, 0) is 50.2 Å². The summed E-state index contributed by atoms with van der Waals surface area (Å²) >= 11 is 0. The summed E-state index contributed by atoms with van der Waals surface area (Å²) < 4.78 is 15.7. The van der Waals surface area contributed by atoms with Crippen LogP contribution in [0.2, 0.25) is 0 Å². The molecule has 188 valence electrons. The highest BCUT2D eigenvalue weighted by molar-refractivity contribution is 5.94. The average Bonchev–Trinajstić information content (AvgIpc) is 3.44. The lowest BCUT2D eigenvalue weighted by Crippen LogP contribution is -2.53. The third-order valence-electron chi connectivity index (χ3n) is 6.60. The molecule has 10 heteroatoms. The summed E-state index contributed by atoms with van der Waals surface area (Å²) in [6.45, 7) is 3.66. The van der Waals surface area contributed by atoms with E-state index >= 15 is 0 Å². The van der Waals surface area contributed by atoms with Gasteiger partial charge in [0.05, 0.1) is 32.7 Å². The molecule has 2 fully saturated rings. The van der Waals surface area contributed by atoms with Gasteiger partial charge in [-0.3, -0.25) is 19.3 Å². The van der Waals surface area contributed by atoms with Crippen molar-refractivity contribution in [1.29, 1.82) is 0 Å². The Balaban J connectivity index is 1.21. The average molecular weight is 485 g/mol. The molecule has 2 aliphatic heterocycles. The number of nitrogens with zero attached hydrogens (tertiary/aromatic N) is 3. The Labute approximate surface area is 204 Å². The fraction of sp³-hybridized carbons (Fsp3) is 0.480. The molecule has 0 unspecified atom stereocenters. The van der Waals surface area contributed by atoms with Crippen LogP contribution in [0.15, 0.2) is 41.0 Å². The van der Waals surface area contributed by atoms with Crippen LogP contribution in [0.1, 0.15) is 23.4 Å². The molecule has 1 aromatic heterocycles. The van der Waals surface area contributed by atoms with Gasteiger partial charge in [-0.1, -0.05) is 0 Å². The standard InChI is InChI=1S/C25H32N4O6/c1-33-19-5-6-20(22(16-19)34-2)26-23(30)17-27-9-7-18(8-10-27)24(31)28-11-13-29(14-12-28)25(32)21-4-3-15-35-21/h3-6,15-16,18H,7-14,17H2,1-2H3,(H,26,30). The monoisotopic (exact) mass is 484 g/mol. The zero-order chi connectivity index (χ0) is 24.8. The van der Waals surface area contributed by atoms with Gasteiger partial charge in [0.1, 0.15) is 11.5 Å². The van der Waals surface area contributed by atoms with Crippen LogP contribution in [-0.4, -0.2) is 92.5 Å². The summed E-state index contributed by atoms with van der Waals surface area (Å²) in [5.74, 6) is 1.33. The van der Waals surface area contributed by atoms with E-state index in [-0.39, 0.29) is 30.2 Å². The van der Waals surface area contributed by atoms with Crippen molar-refractivity contribution in [3.05, 3.63) is 42.4 Å². The first-order valence-corrected chi connectivity index (χ1v) is 11.8. The van der Waals surface area contributed by atoms with Crippen LogP contribution in [-0.2, 0) is 9.59 Å². The first kappa shape index (κ1) is 24.6.